The first-order chi connectivity index (χ1) is 30.7. The molecule has 3 heterocycles. The number of benzene rings is 8. The zero-order valence-corrected chi connectivity index (χ0v) is 33.7. The van der Waals surface area contributed by atoms with E-state index in [0.717, 1.165) is 61.7 Å². The number of hydrogen-bond donors (Lipinski definition) is 0. The van der Waals surface area contributed by atoms with E-state index in [9.17, 15) is 0 Å². The predicted octanol–water partition coefficient (Wildman–Crippen LogP) is 14.4. The standard InChI is InChI=1S/C58H38N4/c1-4-16-39(17-5-1)53-37-54(40-18-6-2-7-19-40)61-57(60-53)45-23-15-22-43(35-45)41-20-14-21-42(34-41)44-30-31-48-47-26-10-11-27-49(47)58(51(48)36-44)50-28-12-13-29-55(50)62(46-24-8-3-9-25-46)56-32-33-59-38-52(56)58/h1-38H. The van der Waals surface area contributed by atoms with Crippen LogP contribution in [0, 0.1) is 0 Å². The Balaban J connectivity index is 0.987. The molecule has 1 unspecified atom stereocenters. The monoisotopic (exact) mass is 790 g/mol. The number of anilines is 3. The molecule has 4 heteroatoms. The van der Waals surface area contributed by atoms with E-state index >= 15 is 0 Å². The van der Waals surface area contributed by atoms with Gasteiger partial charge in [0.25, 0.3) is 0 Å². The van der Waals surface area contributed by atoms with Crippen molar-refractivity contribution >= 4 is 17.1 Å². The fourth-order valence-corrected chi connectivity index (χ4v) is 9.83. The Morgan fingerprint density at radius 1 is 0.339 bits per heavy atom. The molecular weight excluding hydrogens is 753 g/mol. The number of pyridine rings is 1. The summed E-state index contributed by atoms with van der Waals surface area (Å²) in [6.07, 6.45) is 4.01. The van der Waals surface area contributed by atoms with Gasteiger partial charge in [0.15, 0.2) is 5.82 Å². The van der Waals surface area contributed by atoms with E-state index in [2.05, 4.69) is 217 Å². The summed E-state index contributed by atoms with van der Waals surface area (Å²) in [6.45, 7) is 0. The van der Waals surface area contributed by atoms with Gasteiger partial charge in [-0.1, -0.05) is 170 Å². The van der Waals surface area contributed by atoms with Crippen molar-refractivity contribution < 1.29 is 0 Å². The topological polar surface area (TPSA) is 41.9 Å². The third-order valence-corrected chi connectivity index (χ3v) is 12.6. The summed E-state index contributed by atoms with van der Waals surface area (Å²) in [4.78, 5) is 17.5. The number of hydrogen-bond acceptors (Lipinski definition) is 4. The van der Waals surface area contributed by atoms with Gasteiger partial charge in [-0.15, -0.1) is 0 Å². The Hall–Kier alpha value is -8.21. The molecule has 62 heavy (non-hydrogen) atoms. The van der Waals surface area contributed by atoms with Crippen LogP contribution in [0.15, 0.2) is 231 Å². The maximum absolute atomic E-state index is 5.13. The fraction of sp³-hybridized carbons (Fsp3) is 0.0172. The van der Waals surface area contributed by atoms with Crippen LogP contribution in [-0.2, 0) is 5.41 Å². The molecule has 0 radical (unpaired) electrons. The lowest BCUT2D eigenvalue weighted by Gasteiger charge is -2.44. The molecular formula is C58H38N4. The average molecular weight is 791 g/mol. The fourth-order valence-electron chi connectivity index (χ4n) is 9.83. The average Bonchev–Trinajstić information content (AvgIpc) is 3.65. The molecule has 290 valence electrons. The highest BCUT2D eigenvalue weighted by atomic mass is 15.2. The molecule has 4 nitrogen and oxygen atoms in total. The predicted molar refractivity (Wildman–Crippen MR) is 253 cm³/mol. The van der Waals surface area contributed by atoms with E-state index in [4.69, 9.17) is 15.0 Å². The van der Waals surface area contributed by atoms with Gasteiger partial charge in [-0.25, -0.2) is 9.97 Å². The minimum Gasteiger partial charge on any atom is -0.310 e. The van der Waals surface area contributed by atoms with Crippen LogP contribution >= 0.6 is 0 Å². The smallest absolute Gasteiger partial charge is 0.160 e. The van der Waals surface area contributed by atoms with E-state index in [1.807, 2.05) is 18.3 Å². The molecule has 10 aromatic rings. The second-order valence-electron chi connectivity index (χ2n) is 16.0. The van der Waals surface area contributed by atoms with Crippen molar-refractivity contribution in [2.45, 2.75) is 5.41 Å². The van der Waals surface area contributed by atoms with Crippen LogP contribution in [0.3, 0.4) is 0 Å². The summed E-state index contributed by atoms with van der Waals surface area (Å²) in [5.74, 6) is 0.695. The number of para-hydroxylation sites is 2. The van der Waals surface area contributed by atoms with E-state index in [-0.39, 0.29) is 0 Å². The van der Waals surface area contributed by atoms with Crippen molar-refractivity contribution in [3.05, 3.63) is 253 Å². The molecule has 0 bridgehead atoms. The molecule has 2 aromatic heterocycles. The van der Waals surface area contributed by atoms with Crippen LogP contribution < -0.4 is 4.90 Å². The van der Waals surface area contributed by atoms with E-state index in [1.165, 1.54) is 39.1 Å². The molecule has 8 aromatic carbocycles. The molecule has 1 aliphatic heterocycles. The molecule has 1 aliphatic carbocycles. The molecule has 0 saturated heterocycles. The van der Waals surface area contributed by atoms with Crippen LogP contribution in [0.2, 0.25) is 0 Å². The summed E-state index contributed by atoms with van der Waals surface area (Å²) in [7, 11) is 0. The highest BCUT2D eigenvalue weighted by Crippen LogP contribution is 2.63. The van der Waals surface area contributed by atoms with Gasteiger partial charge >= 0.3 is 0 Å². The number of fused-ring (bicyclic) bond motifs is 9. The van der Waals surface area contributed by atoms with Crippen LogP contribution in [0.4, 0.5) is 17.1 Å². The second kappa shape index (κ2) is 14.5. The van der Waals surface area contributed by atoms with Crippen molar-refractivity contribution in [1.29, 1.82) is 0 Å². The van der Waals surface area contributed by atoms with Crippen molar-refractivity contribution in [3.63, 3.8) is 0 Å². The van der Waals surface area contributed by atoms with Gasteiger partial charge in [-0.05, 0) is 98.6 Å². The first-order valence-electron chi connectivity index (χ1n) is 21.1. The summed E-state index contributed by atoms with van der Waals surface area (Å²) < 4.78 is 0. The number of nitrogens with zero attached hydrogens (tertiary/aromatic N) is 4. The summed E-state index contributed by atoms with van der Waals surface area (Å²) >= 11 is 0. The van der Waals surface area contributed by atoms with Crippen LogP contribution in [0.1, 0.15) is 22.3 Å². The SMILES string of the molecule is c1ccc(-c2cc(-c3ccccc3)nc(-c3cccc(-c4cccc(-c5ccc6c(c5)C5(c7ccccc7-6)c6ccccc6N(c6ccccc6)c6ccncc65)c4)c3)n2)cc1. The molecule has 2 aliphatic rings. The molecule has 0 saturated carbocycles. The van der Waals surface area contributed by atoms with Crippen molar-refractivity contribution in [1.82, 2.24) is 15.0 Å². The molecule has 0 amide bonds. The van der Waals surface area contributed by atoms with Gasteiger partial charge in [0.05, 0.1) is 28.2 Å². The van der Waals surface area contributed by atoms with Gasteiger partial charge in [-0.2, -0.15) is 0 Å². The minimum atomic E-state index is -0.577. The first kappa shape index (κ1) is 35.7. The number of rotatable bonds is 6. The van der Waals surface area contributed by atoms with E-state index in [0.29, 0.717) is 5.82 Å². The maximum Gasteiger partial charge on any atom is 0.160 e. The van der Waals surface area contributed by atoms with Crippen molar-refractivity contribution in [3.8, 4) is 67.3 Å². The maximum atomic E-state index is 5.13. The van der Waals surface area contributed by atoms with Gasteiger partial charge in [0, 0.05) is 40.3 Å². The van der Waals surface area contributed by atoms with Crippen LogP contribution in [0.5, 0.6) is 0 Å². The minimum absolute atomic E-state index is 0.577. The second-order valence-corrected chi connectivity index (χ2v) is 16.0. The van der Waals surface area contributed by atoms with Gasteiger partial charge < -0.3 is 4.90 Å². The molecule has 1 spiro atoms. The van der Waals surface area contributed by atoms with Crippen molar-refractivity contribution in [2.75, 3.05) is 4.90 Å². The van der Waals surface area contributed by atoms with Gasteiger partial charge in [0.2, 0.25) is 0 Å². The molecule has 0 fully saturated rings. The zero-order chi connectivity index (χ0) is 41.0. The highest BCUT2D eigenvalue weighted by Gasteiger charge is 2.52. The van der Waals surface area contributed by atoms with Gasteiger partial charge in [-0.3, -0.25) is 4.98 Å². The van der Waals surface area contributed by atoms with Crippen molar-refractivity contribution in [2.24, 2.45) is 0 Å². The quantitative estimate of drug-likeness (QED) is 0.168. The van der Waals surface area contributed by atoms with Gasteiger partial charge in [0.1, 0.15) is 0 Å². The van der Waals surface area contributed by atoms with Crippen LogP contribution in [-0.4, -0.2) is 15.0 Å². The lowest BCUT2D eigenvalue weighted by Crippen LogP contribution is -2.36. The molecule has 1 atom stereocenters. The lowest BCUT2D eigenvalue weighted by molar-refractivity contribution is 0.747. The third-order valence-electron chi connectivity index (χ3n) is 12.6. The zero-order valence-electron chi connectivity index (χ0n) is 33.7. The Labute approximate surface area is 361 Å². The summed E-state index contributed by atoms with van der Waals surface area (Å²) in [6, 6.07) is 78.0. The Morgan fingerprint density at radius 2 is 0.855 bits per heavy atom. The summed E-state index contributed by atoms with van der Waals surface area (Å²) in [5, 5.41) is 0. The molecule has 12 rings (SSSR count). The summed E-state index contributed by atoms with van der Waals surface area (Å²) in [5.41, 5.74) is 19.7. The first-order valence-corrected chi connectivity index (χ1v) is 21.1. The van der Waals surface area contributed by atoms with Crippen LogP contribution in [0.25, 0.3) is 67.3 Å². The molecule has 0 N–H and O–H groups in total. The largest absolute Gasteiger partial charge is 0.310 e. The number of aromatic nitrogens is 3. The Kier molecular flexibility index (Phi) is 8.36. The Bertz CT molecular complexity index is 3200. The normalized spacial score (nSPS) is 14.5. The lowest BCUT2D eigenvalue weighted by atomic mass is 9.65. The van der Waals surface area contributed by atoms with E-state index < -0.39 is 5.41 Å². The Morgan fingerprint density at radius 3 is 1.55 bits per heavy atom. The third kappa shape index (κ3) is 5.65. The highest BCUT2D eigenvalue weighted by molar-refractivity contribution is 5.96. The van der Waals surface area contributed by atoms with E-state index in [1.54, 1.807) is 0 Å².